The molecule has 0 spiro atoms. The molecular formula is C16H22N2O2S. The lowest BCUT2D eigenvalue weighted by Crippen LogP contribution is -2.10. The second-order valence-electron chi connectivity index (χ2n) is 4.44. The molecule has 0 atom stereocenters. The van der Waals surface area contributed by atoms with Gasteiger partial charge < -0.3 is 14.8 Å². The average Bonchev–Trinajstić information content (AvgIpc) is 2.96. The Balaban J connectivity index is 2.22. The van der Waals surface area contributed by atoms with Crippen molar-refractivity contribution in [3.8, 4) is 22.1 Å². The van der Waals surface area contributed by atoms with Gasteiger partial charge in [-0.05, 0) is 38.6 Å². The minimum atomic E-state index is 0.618. The van der Waals surface area contributed by atoms with Crippen LogP contribution in [0.1, 0.15) is 25.6 Å². The second kappa shape index (κ2) is 8.00. The molecule has 1 aromatic heterocycles. The first-order valence-electron chi connectivity index (χ1n) is 7.33. The Morgan fingerprint density at radius 1 is 1.10 bits per heavy atom. The molecule has 0 saturated carbocycles. The van der Waals surface area contributed by atoms with Gasteiger partial charge in [0.05, 0.1) is 13.2 Å². The van der Waals surface area contributed by atoms with Gasteiger partial charge in [-0.3, -0.25) is 0 Å². The Morgan fingerprint density at radius 3 is 2.57 bits per heavy atom. The molecule has 114 valence electrons. The number of aromatic nitrogens is 1. The zero-order valence-electron chi connectivity index (χ0n) is 12.8. The highest BCUT2D eigenvalue weighted by Gasteiger charge is 2.10. The monoisotopic (exact) mass is 306 g/mol. The molecule has 1 aromatic carbocycles. The van der Waals surface area contributed by atoms with E-state index >= 15 is 0 Å². The van der Waals surface area contributed by atoms with Crippen molar-refractivity contribution in [2.45, 2.75) is 27.3 Å². The highest BCUT2D eigenvalue weighted by Crippen LogP contribution is 2.34. The first-order valence-corrected chi connectivity index (χ1v) is 8.15. The Morgan fingerprint density at radius 2 is 1.86 bits per heavy atom. The lowest BCUT2D eigenvalue weighted by molar-refractivity contribution is 0.288. The van der Waals surface area contributed by atoms with Crippen molar-refractivity contribution in [2.75, 3.05) is 19.8 Å². The van der Waals surface area contributed by atoms with E-state index in [1.807, 2.05) is 38.2 Å². The SMILES string of the molecule is CCNCc1cnc(-c2ccc(OCC)c(OCC)c2)s1. The number of hydrogen-bond acceptors (Lipinski definition) is 5. The van der Waals surface area contributed by atoms with E-state index in [2.05, 4.69) is 17.2 Å². The molecule has 2 aromatic rings. The fourth-order valence-electron chi connectivity index (χ4n) is 1.96. The minimum absolute atomic E-state index is 0.618. The maximum absolute atomic E-state index is 5.66. The van der Waals surface area contributed by atoms with Crippen LogP contribution in [0.4, 0.5) is 0 Å². The van der Waals surface area contributed by atoms with Crippen LogP contribution in [0, 0.1) is 0 Å². The molecule has 1 heterocycles. The Kier molecular flexibility index (Phi) is 6.02. The van der Waals surface area contributed by atoms with Gasteiger partial charge in [0.15, 0.2) is 11.5 Å². The van der Waals surface area contributed by atoms with Crippen LogP contribution in [0.3, 0.4) is 0 Å². The second-order valence-corrected chi connectivity index (χ2v) is 5.55. The van der Waals surface area contributed by atoms with Gasteiger partial charge in [-0.25, -0.2) is 4.98 Å². The summed E-state index contributed by atoms with van der Waals surface area (Å²) in [6.45, 7) is 9.12. The molecule has 4 nitrogen and oxygen atoms in total. The molecule has 0 aliphatic carbocycles. The van der Waals surface area contributed by atoms with Gasteiger partial charge in [0, 0.05) is 23.2 Å². The minimum Gasteiger partial charge on any atom is -0.490 e. The lowest BCUT2D eigenvalue weighted by atomic mass is 10.2. The van der Waals surface area contributed by atoms with Crippen LogP contribution in [-0.2, 0) is 6.54 Å². The predicted octanol–water partition coefficient (Wildman–Crippen LogP) is 3.72. The summed E-state index contributed by atoms with van der Waals surface area (Å²) in [6, 6.07) is 5.99. The van der Waals surface area contributed by atoms with Gasteiger partial charge in [-0.1, -0.05) is 6.92 Å². The van der Waals surface area contributed by atoms with Crippen LogP contribution in [0.2, 0.25) is 0 Å². The van der Waals surface area contributed by atoms with Crippen molar-refractivity contribution in [1.82, 2.24) is 10.3 Å². The summed E-state index contributed by atoms with van der Waals surface area (Å²) >= 11 is 1.70. The lowest BCUT2D eigenvalue weighted by Gasteiger charge is -2.11. The van der Waals surface area contributed by atoms with Crippen molar-refractivity contribution >= 4 is 11.3 Å². The zero-order chi connectivity index (χ0) is 15.1. The summed E-state index contributed by atoms with van der Waals surface area (Å²) in [6.07, 6.45) is 1.93. The molecule has 0 bridgehead atoms. The summed E-state index contributed by atoms with van der Waals surface area (Å²) in [5.41, 5.74) is 1.06. The highest BCUT2D eigenvalue weighted by atomic mass is 32.1. The molecule has 0 aliphatic rings. The molecule has 0 radical (unpaired) electrons. The highest BCUT2D eigenvalue weighted by molar-refractivity contribution is 7.15. The van der Waals surface area contributed by atoms with Gasteiger partial charge in [-0.2, -0.15) is 0 Å². The quantitative estimate of drug-likeness (QED) is 0.807. The van der Waals surface area contributed by atoms with E-state index in [1.165, 1.54) is 4.88 Å². The van der Waals surface area contributed by atoms with Gasteiger partial charge in [0.25, 0.3) is 0 Å². The van der Waals surface area contributed by atoms with Crippen molar-refractivity contribution in [1.29, 1.82) is 0 Å². The number of benzene rings is 1. The van der Waals surface area contributed by atoms with Crippen molar-refractivity contribution < 1.29 is 9.47 Å². The molecule has 0 saturated heterocycles. The van der Waals surface area contributed by atoms with E-state index < -0.39 is 0 Å². The third-order valence-electron chi connectivity index (χ3n) is 2.89. The van der Waals surface area contributed by atoms with Gasteiger partial charge in [0.1, 0.15) is 5.01 Å². The smallest absolute Gasteiger partial charge is 0.161 e. The zero-order valence-corrected chi connectivity index (χ0v) is 13.6. The maximum Gasteiger partial charge on any atom is 0.161 e. The Labute approximate surface area is 130 Å². The number of nitrogens with zero attached hydrogens (tertiary/aromatic N) is 1. The topological polar surface area (TPSA) is 43.4 Å². The number of ether oxygens (including phenoxy) is 2. The number of rotatable bonds is 8. The number of hydrogen-bond donors (Lipinski definition) is 1. The van der Waals surface area contributed by atoms with E-state index in [9.17, 15) is 0 Å². The first kappa shape index (κ1) is 15.8. The van der Waals surface area contributed by atoms with Gasteiger partial charge in [0.2, 0.25) is 0 Å². The summed E-state index contributed by atoms with van der Waals surface area (Å²) in [7, 11) is 0. The van der Waals surface area contributed by atoms with Gasteiger partial charge in [-0.15, -0.1) is 11.3 Å². The largest absolute Gasteiger partial charge is 0.490 e. The molecule has 5 heteroatoms. The molecular weight excluding hydrogens is 284 g/mol. The predicted molar refractivity (Wildman–Crippen MR) is 87.3 cm³/mol. The molecule has 2 rings (SSSR count). The fraction of sp³-hybridized carbons (Fsp3) is 0.438. The van der Waals surface area contributed by atoms with E-state index in [-0.39, 0.29) is 0 Å². The molecule has 0 amide bonds. The number of nitrogens with one attached hydrogen (secondary N) is 1. The number of thiazole rings is 1. The van der Waals surface area contributed by atoms with Crippen LogP contribution in [0.25, 0.3) is 10.6 Å². The van der Waals surface area contributed by atoms with E-state index in [4.69, 9.17) is 9.47 Å². The van der Waals surface area contributed by atoms with Crippen LogP contribution >= 0.6 is 11.3 Å². The van der Waals surface area contributed by atoms with Crippen molar-refractivity contribution in [3.05, 3.63) is 29.3 Å². The summed E-state index contributed by atoms with van der Waals surface area (Å²) in [5.74, 6) is 1.56. The van der Waals surface area contributed by atoms with E-state index in [1.54, 1.807) is 11.3 Å². The van der Waals surface area contributed by atoms with E-state index in [0.29, 0.717) is 13.2 Å². The van der Waals surface area contributed by atoms with Crippen molar-refractivity contribution in [3.63, 3.8) is 0 Å². The van der Waals surface area contributed by atoms with Crippen LogP contribution in [0.5, 0.6) is 11.5 Å². The third-order valence-corrected chi connectivity index (χ3v) is 3.94. The van der Waals surface area contributed by atoms with Crippen LogP contribution < -0.4 is 14.8 Å². The van der Waals surface area contributed by atoms with Crippen LogP contribution in [-0.4, -0.2) is 24.7 Å². The molecule has 0 fully saturated rings. The maximum atomic E-state index is 5.66. The Bertz CT molecular complexity index is 569. The van der Waals surface area contributed by atoms with Crippen molar-refractivity contribution in [2.24, 2.45) is 0 Å². The fourth-order valence-corrected chi connectivity index (χ4v) is 2.83. The molecule has 21 heavy (non-hydrogen) atoms. The Hall–Kier alpha value is -1.59. The molecule has 0 aliphatic heterocycles. The van der Waals surface area contributed by atoms with E-state index in [0.717, 1.165) is 35.2 Å². The average molecular weight is 306 g/mol. The normalized spacial score (nSPS) is 10.6. The van der Waals surface area contributed by atoms with Gasteiger partial charge >= 0.3 is 0 Å². The summed E-state index contributed by atoms with van der Waals surface area (Å²) in [5, 5.41) is 4.32. The summed E-state index contributed by atoms with van der Waals surface area (Å²) < 4.78 is 11.2. The molecule has 0 unspecified atom stereocenters. The summed E-state index contributed by atoms with van der Waals surface area (Å²) in [4.78, 5) is 5.73. The first-order chi connectivity index (χ1) is 10.3. The third kappa shape index (κ3) is 4.19. The standard InChI is InChI=1S/C16H22N2O2S/c1-4-17-10-13-11-18-16(21-13)12-7-8-14(19-5-2)15(9-12)20-6-3/h7-9,11,17H,4-6,10H2,1-3H3. The molecule has 1 N–H and O–H groups in total. The van der Waals surface area contributed by atoms with Crippen LogP contribution in [0.15, 0.2) is 24.4 Å².